The Balaban J connectivity index is 1.68. The molecule has 0 aromatic rings. The van der Waals surface area contributed by atoms with Gasteiger partial charge in [-0.15, -0.1) is 0 Å². The van der Waals surface area contributed by atoms with Crippen molar-refractivity contribution in [3.8, 4) is 0 Å². The lowest BCUT2D eigenvalue weighted by Crippen LogP contribution is -2.70. The maximum absolute atomic E-state index is 13.7. The Kier molecular flexibility index (Phi) is 4.29. The van der Waals surface area contributed by atoms with E-state index < -0.39 is 35.1 Å². The minimum absolute atomic E-state index is 0.0511. The topological polar surface area (TPSA) is 91.3 Å². The Morgan fingerprint density at radius 3 is 2.66 bits per heavy atom. The first-order chi connectivity index (χ1) is 13.7. The molecule has 2 heterocycles. The van der Waals surface area contributed by atoms with Crippen molar-refractivity contribution < 1.29 is 33.6 Å². The molecule has 0 unspecified atom stereocenters. The highest BCUT2D eigenvalue weighted by Crippen LogP contribution is 2.71. The lowest BCUT2D eigenvalue weighted by Gasteiger charge is -2.62. The molecule has 2 spiro atoms. The van der Waals surface area contributed by atoms with Gasteiger partial charge in [0.1, 0.15) is 11.5 Å². The lowest BCUT2D eigenvalue weighted by molar-refractivity contribution is -0.252. The van der Waals surface area contributed by atoms with Crippen LogP contribution in [0.25, 0.3) is 0 Å². The summed E-state index contributed by atoms with van der Waals surface area (Å²) < 4.78 is 23.2. The summed E-state index contributed by atoms with van der Waals surface area (Å²) in [6, 6.07) is 0. The molecule has 5 aliphatic rings. The van der Waals surface area contributed by atoms with Crippen LogP contribution < -0.4 is 0 Å². The van der Waals surface area contributed by atoms with E-state index in [-0.39, 0.29) is 41.7 Å². The first-order valence-electron chi connectivity index (χ1n) is 10.8. The minimum Gasteiger partial charge on any atom is -0.461 e. The zero-order valence-corrected chi connectivity index (χ0v) is 17.7. The number of fused-ring (bicyclic) bond motifs is 1. The predicted molar refractivity (Wildman–Crippen MR) is 101 cm³/mol. The van der Waals surface area contributed by atoms with Crippen molar-refractivity contribution in [2.75, 3.05) is 27.4 Å². The molecule has 0 radical (unpaired) electrons. The normalized spacial score (nSPS) is 52.5. The van der Waals surface area contributed by atoms with Gasteiger partial charge in [-0.2, -0.15) is 0 Å². The smallest absolute Gasteiger partial charge is 0.320 e. The number of carbonyl (C=O) groups is 2. The highest BCUT2D eigenvalue weighted by atomic mass is 16.7. The van der Waals surface area contributed by atoms with Crippen molar-refractivity contribution in [2.45, 2.75) is 58.0 Å². The fourth-order valence-corrected chi connectivity index (χ4v) is 8.10. The van der Waals surface area contributed by atoms with Crippen molar-refractivity contribution in [2.24, 2.45) is 39.9 Å². The largest absolute Gasteiger partial charge is 0.461 e. The molecule has 7 nitrogen and oxygen atoms in total. The van der Waals surface area contributed by atoms with Crippen LogP contribution in [-0.4, -0.2) is 62.8 Å². The van der Waals surface area contributed by atoms with Gasteiger partial charge in [0.05, 0.1) is 19.3 Å². The van der Waals surface area contributed by atoms with Gasteiger partial charge in [-0.3, -0.25) is 9.59 Å². The monoisotopic (exact) mass is 408 g/mol. The predicted octanol–water partition coefficient (Wildman–Crippen LogP) is 1.56. The van der Waals surface area contributed by atoms with Gasteiger partial charge >= 0.3 is 5.97 Å². The van der Waals surface area contributed by atoms with E-state index in [0.29, 0.717) is 25.9 Å². The van der Waals surface area contributed by atoms with Crippen LogP contribution in [0.4, 0.5) is 0 Å². The molecule has 1 N–H and O–H groups in total. The average Bonchev–Trinajstić information content (AvgIpc) is 3.16. The van der Waals surface area contributed by atoms with E-state index in [2.05, 4.69) is 13.8 Å². The van der Waals surface area contributed by atoms with E-state index in [1.807, 2.05) is 0 Å². The Labute approximate surface area is 171 Å². The summed E-state index contributed by atoms with van der Waals surface area (Å²) in [5, 5.41) is 11.4. The van der Waals surface area contributed by atoms with Crippen LogP contribution in [0.15, 0.2) is 0 Å². The Morgan fingerprint density at radius 1 is 1.21 bits per heavy atom. The summed E-state index contributed by atoms with van der Waals surface area (Å²) in [5.41, 5.74) is -2.03. The molecular weight excluding hydrogens is 376 g/mol. The molecule has 5 rings (SSSR count). The lowest BCUT2D eigenvalue weighted by atomic mass is 9.43. The van der Waals surface area contributed by atoms with Gasteiger partial charge in [-0.1, -0.05) is 13.8 Å². The van der Waals surface area contributed by atoms with Crippen molar-refractivity contribution >= 4 is 11.8 Å². The van der Waals surface area contributed by atoms with Gasteiger partial charge < -0.3 is 24.1 Å². The van der Waals surface area contributed by atoms with Gasteiger partial charge in [0.2, 0.25) is 0 Å². The molecule has 0 aromatic heterocycles. The van der Waals surface area contributed by atoms with Crippen LogP contribution in [0.3, 0.4) is 0 Å². The Morgan fingerprint density at radius 2 is 1.97 bits per heavy atom. The number of ether oxygens (including phenoxy) is 4. The van der Waals surface area contributed by atoms with Crippen molar-refractivity contribution in [3.63, 3.8) is 0 Å². The van der Waals surface area contributed by atoms with E-state index in [1.54, 1.807) is 14.2 Å². The molecule has 3 saturated carbocycles. The quantitative estimate of drug-likeness (QED) is 0.560. The molecule has 3 aliphatic carbocycles. The van der Waals surface area contributed by atoms with E-state index >= 15 is 0 Å². The van der Waals surface area contributed by atoms with Crippen LogP contribution >= 0.6 is 0 Å². The zero-order chi connectivity index (χ0) is 20.8. The van der Waals surface area contributed by atoms with Crippen LogP contribution in [0.1, 0.15) is 39.5 Å². The van der Waals surface area contributed by atoms with Gasteiger partial charge in [0.25, 0.3) is 0 Å². The van der Waals surface area contributed by atoms with Crippen molar-refractivity contribution in [1.29, 1.82) is 0 Å². The van der Waals surface area contributed by atoms with Crippen LogP contribution in [0.2, 0.25) is 0 Å². The van der Waals surface area contributed by atoms with Gasteiger partial charge in [0, 0.05) is 37.4 Å². The molecule has 2 bridgehead atoms. The molecule has 29 heavy (non-hydrogen) atoms. The standard InChI is InChI=1S/C22H32O7/c1-20(2)6-5-14-22(10-28-18(27-4)16(20)22)15-13(23)7-11-8-21(15,19(25)29-14)17(24)12(11)9-26-3/h11-16,18,23H,5-10H2,1-4H3/t11-,12-,13+,14+,15-,16-,18-,21+,22+/m1/s1. The second-order valence-electron chi connectivity index (χ2n) is 10.6. The summed E-state index contributed by atoms with van der Waals surface area (Å²) in [5.74, 6) is -1.53. The number of hydrogen-bond acceptors (Lipinski definition) is 7. The molecule has 5 fully saturated rings. The van der Waals surface area contributed by atoms with Gasteiger partial charge in [-0.05, 0) is 37.0 Å². The first-order valence-corrected chi connectivity index (χ1v) is 10.8. The molecule has 0 aromatic carbocycles. The highest BCUT2D eigenvalue weighted by molar-refractivity contribution is 6.08. The number of Topliss-reactive ketones (excluding diaryl/α,β-unsaturated/α-hetero) is 1. The maximum Gasteiger partial charge on any atom is 0.320 e. The second-order valence-corrected chi connectivity index (χ2v) is 10.6. The molecule has 162 valence electrons. The second kappa shape index (κ2) is 6.25. The number of ketones is 1. The number of esters is 1. The van der Waals surface area contributed by atoms with E-state index in [1.165, 1.54) is 0 Å². The molecule has 0 amide bonds. The third kappa shape index (κ3) is 2.23. The maximum atomic E-state index is 13.7. The number of rotatable bonds is 3. The van der Waals surface area contributed by atoms with Gasteiger partial charge in [0.15, 0.2) is 12.1 Å². The molecular formula is C22H32O7. The van der Waals surface area contributed by atoms with Crippen molar-refractivity contribution in [3.05, 3.63) is 0 Å². The average molecular weight is 408 g/mol. The first kappa shape index (κ1) is 19.9. The number of aliphatic hydroxyl groups excluding tert-OH is 1. The van der Waals surface area contributed by atoms with E-state index in [4.69, 9.17) is 18.9 Å². The molecule has 2 saturated heterocycles. The summed E-state index contributed by atoms with van der Waals surface area (Å²) in [6.07, 6.45) is 1.01. The minimum atomic E-state index is -1.29. The number of methoxy groups -OCH3 is 2. The van der Waals surface area contributed by atoms with Crippen LogP contribution in [0.5, 0.6) is 0 Å². The number of hydrogen-bond donors (Lipinski definition) is 1. The van der Waals surface area contributed by atoms with E-state index in [0.717, 1.165) is 6.42 Å². The van der Waals surface area contributed by atoms with Crippen LogP contribution in [0, 0.1) is 39.9 Å². The third-order valence-corrected chi connectivity index (χ3v) is 9.00. The Bertz CT molecular complexity index is 735. The number of carbonyl (C=O) groups excluding carboxylic acids is 2. The zero-order valence-electron chi connectivity index (χ0n) is 17.7. The number of aliphatic hydroxyl groups is 1. The summed E-state index contributed by atoms with van der Waals surface area (Å²) in [4.78, 5) is 27.1. The van der Waals surface area contributed by atoms with Crippen molar-refractivity contribution in [1.82, 2.24) is 0 Å². The fourth-order valence-electron chi connectivity index (χ4n) is 8.10. The third-order valence-electron chi connectivity index (χ3n) is 9.00. The summed E-state index contributed by atoms with van der Waals surface area (Å²) >= 11 is 0. The Hall–Kier alpha value is -1.02. The van der Waals surface area contributed by atoms with Crippen LogP contribution in [-0.2, 0) is 28.5 Å². The summed E-state index contributed by atoms with van der Waals surface area (Å²) in [6.45, 7) is 5.01. The summed E-state index contributed by atoms with van der Waals surface area (Å²) in [7, 11) is 3.21. The van der Waals surface area contributed by atoms with E-state index in [9.17, 15) is 14.7 Å². The fraction of sp³-hybridized carbons (Fsp3) is 0.909. The van der Waals surface area contributed by atoms with Gasteiger partial charge in [-0.25, -0.2) is 0 Å². The molecule has 7 heteroatoms. The molecule has 2 aliphatic heterocycles. The highest BCUT2D eigenvalue weighted by Gasteiger charge is 2.79. The molecule has 9 atom stereocenters. The SMILES string of the molecule is COC[C@H]1C(=O)[C@]23C[C@H]1C[C@H](O)[C@H]2[C@@]12CO[C@@H](OC)[C@@H]1C(C)(C)CC[C@@H]2OC3=O.